The van der Waals surface area contributed by atoms with Gasteiger partial charge in [0.1, 0.15) is 11.4 Å². The van der Waals surface area contributed by atoms with Gasteiger partial charge in [0.25, 0.3) is 0 Å². The largest absolute Gasteiger partial charge is 0.337 e. The maximum Gasteiger partial charge on any atom is 0.149 e. The molecule has 0 atom stereocenters. The summed E-state index contributed by atoms with van der Waals surface area (Å²) in [4.78, 5) is 14.2. The molecule has 0 unspecified atom stereocenters. The average molecular weight is 540 g/mol. The molecule has 42 heavy (non-hydrogen) atoms. The topological polar surface area (TPSA) is 41.0 Å². The number of rotatable bonds is 7. The van der Waals surface area contributed by atoms with E-state index in [-0.39, 0.29) is 0 Å². The first-order chi connectivity index (χ1) is 20.8. The molecule has 1 aromatic heterocycles. The number of hydrogen-bond donors (Lipinski definition) is 1. The molecule has 7 rings (SSSR count). The standard InChI is InChI=1S/C39H29N3/c1-6-16-29(17-7-1)34-26-27-35(30-18-8-2-9-19-30)38-37(34)41-36(42-38)28-40-39(31-20-10-3-11-21-31,32-22-12-4-13-23-32)33-24-14-5-15-25-33/h1-28H,(H,41,42)/b40-28+. The minimum atomic E-state index is -0.757. The van der Waals surface area contributed by atoms with Crippen LogP contribution in [0, 0.1) is 0 Å². The van der Waals surface area contributed by atoms with Gasteiger partial charge in [-0.2, -0.15) is 0 Å². The number of hydrogen-bond acceptors (Lipinski definition) is 2. The molecule has 0 saturated carbocycles. The van der Waals surface area contributed by atoms with E-state index in [1.807, 2.05) is 36.5 Å². The Labute approximate surface area is 245 Å². The number of aliphatic imine (C=N–C) groups is 1. The van der Waals surface area contributed by atoms with Gasteiger partial charge in [0.15, 0.2) is 0 Å². The van der Waals surface area contributed by atoms with Gasteiger partial charge in [-0.15, -0.1) is 0 Å². The molecule has 3 nitrogen and oxygen atoms in total. The van der Waals surface area contributed by atoms with Gasteiger partial charge in [-0.1, -0.05) is 164 Å². The lowest BCUT2D eigenvalue weighted by Gasteiger charge is -2.32. The molecule has 0 aliphatic carbocycles. The van der Waals surface area contributed by atoms with Crippen LogP contribution in [0.4, 0.5) is 0 Å². The van der Waals surface area contributed by atoms with E-state index in [1.54, 1.807) is 0 Å². The lowest BCUT2D eigenvalue weighted by atomic mass is 9.77. The lowest BCUT2D eigenvalue weighted by molar-refractivity contribution is 0.659. The first kappa shape index (κ1) is 25.4. The van der Waals surface area contributed by atoms with Crippen molar-refractivity contribution in [2.45, 2.75) is 5.54 Å². The van der Waals surface area contributed by atoms with Crippen molar-refractivity contribution in [3.63, 3.8) is 0 Å². The summed E-state index contributed by atoms with van der Waals surface area (Å²) in [7, 11) is 0. The Bertz CT molecular complexity index is 1770. The minimum absolute atomic E-state index is 0.706. The van der Waals surface area contributed by atoms with Crippen LogP contribution >= 0.6 is 0 Å². The molecule has 1 heterocycles. The molecule has 0 fully saturated rings. The number of nitrogens with zero attached hydrogens (tertiary/aromatic N) is 2. The molecule has 0 aliphatic rings. The van der Waals surface area contributed by atoms with E-state index in [0.717, 1.165) is 50.0 Å². The Morgan fingerprint density at radius 3 is 1.36 bits per heavy atom. The highest BCUT2D eigenvalue weighted by Gasteiger charge is 2.35. The Hall–Kier alpha value is -5.54. The first-order valence-corrected chi connectivity index (χ1v) is 14.2. The average Bonchev–Trinajstić information content (AvgIpc) is 3.51. The third-order valence-electron chi connectivity index (χ3n) is 7.79. The van der Waals surface area contributed by atoms with Crippen molar-refractivity contribution in [1.82, 2.24) is 9.97 Å². The molecule has 0 radical (unpaired) electrons. The Kier molecular flexibility index (Phi) is 6.75. The van der Waals surface area contributed by atoms with Crippen molar-refractivity contribution < 1.29 is 0 Å². The Balaban J connectivity index is 1.45. The summed E-state index contributed by atoms with van der Waals surface area (Å²) in [6.07, 6.45) is 1.90. The fourth-order valence-electron chi connectivity index (χ4n) is 5.80. The van der Waals surface area contributed by atoms with Crippen LogP contribution in [0.25, 0.3) is 33.3 Å². The summed E-state index contributed by atoms with van der Waals surface area (Å²) < 4.78 is 0. The highest BCUT2D eigenvalue weighted by atomic mass is 15.0. The van der Waals surface area contributed by atoms with Gasteiger partial charge in [0, 0.05) is 11.1 Å². The van der Waals surface area contributed by atoms with Gasteiger partial charge in [0.2, 0.25) is 0 Å². The molecule has 6 aromatic carbocycles. The second-order valence-electron chi connectivity index (χ2n) is 10.3. The summed E-state index contributed by atoms with van der Waals surface area (Å²) in [5.74, 6) is 0.706. The highest BCUT2D eigenvalue weighted by Crippen LogP contribution is 2.41. The van der Waals surface area contributed by atoms with Crippen LogP contribution in [0.1, 0.15) is 22.5 Å². The van der Waals surface area contributed by atoms with Crippen molar-refractivity contribution in [2.24, 2.45) is 4.99 Å². The molecule has 0 bridgehead atoms. The van der Waals surface area contributed by atoms with Crippen molar-refractivity contribution in [3.05, 3.63) is 186 Å². The number of H-pyrrole nitrogens is 1. The van der Waals surface area contributed by atoms with E-state index in [0.29, 0.717) is 5.82 Å². The fraction of sp³-hybridized carbons (Fsp3) is 0.0256. The van der Waals surface area contributed by atoms with Crippen LogP contribution in [0.15, 0.2) is 169 Å². The molecular formula is C39H29N3. The van der Waals surface area contributed by atoms with Crippen LogP contribution < -0.4 is 0 Å². The van der Waals surface area contributed by atoms with Gasteiger partial charge in [-0.05, 0) is 27.8 Å². The van der Waals surface area contributed by atoms with Gasteiger partial charge in [-0.25, -0.2) is 4.98 Å². The predicted octanol–water partition coefficient (Wildman–Crippen LogP) is 9.31. The van der Waals surface area contributed by atoms with Gasteiger partial charge in [-0.3, -0.25) is 4.99 Å². The van der Waals surface area contributed by atoms with Crippen LogP contribution in [0.5, 0.6) is 0 Å². The van der Waals surface area contributed by atoms with Crippen LogP contribution in [0.3, 0.4) is 0 Å². The van der Waals surface area contributed by atoms with E-state index in [4.69, 9.17) is 9.98 Å². The highest BCUT2D eigenvalue weighted by molar-refractivity contribution is 6.02. The molecule has 0 saturated heterocycles. The Morgan fingerprint density at radius 2 is 0.881 bits per heavy atom. The van der Waals surface area contributed by atoms with Crippen molar-refractivity contribution in [1.29, 1.82) is 0 Å². The summed E-state index contributed by atoms with van der Waals surface area (Å²) in [5.41, 5.74) is 8.89. The maximum atomic E-state index is 5.42. The van der Waals surface area contributed by atoms with E-state index >= 15 is 0 Å². The third-order valence-corrected chi connectivity index (χ3v) is 7.79. The summed E-state index contributed by atoms with van der Waals surface area (Å²) >= 11 is 0. The van der Waals surface area contributed by atoms with E-state index < -0.39 is 5.54 Å². The summed E-state index contributed by atoms with van der Waals surface area (Å²) in [6, 6.07) is 56.7. The fourth-order valence-corrected chi connectivity index (χ4v) is 5.80. The first-order valence-electron chi connectivity index (χ1n) is 14.2. The number of nitrogens with one attached hydrogen (secondary N) is 1. The molecule has 200 valence electrons. The summed E-state index contributed by atoms with van der Waals surface area (Å²) in [6.45, 7) is 0. The third kappa shape index (κ3) is 4.61. The number of aromatic amines is 1. The monoisotopic (exact) mass is 539 g/mol. The summed E-state index contributed by atoms with van der Waals surface area (Å²) in [5, 5.41) is 0. The number of fused-ring (bicyclic) bond motifs is 1. The smallest absolute Gasteiger partial charge is 0.149 e. The van der Waals surface area contributed by atoms with Gasteiger partial charge in [0.05, 0.1) is 17.2 Å². The zero-order valence-electron chi connectivity index (χ0n) is 23.1. The maximum absolute atomic E-state index is 5.42. The van der Waals surface area contributed by atoms with Crippen molar-refractivity contribution in [3.8, 4) is 22.3 Å². The zero-order chi connectivity index (χ0) is 28.2. The molecule has 7 aromatic rings. The molecule has 1 N–H and O–H groups in total. The lowest BCUT2D eigenvalue weighted by Crippen LogP contribution is -2.27. The number of benzene rings is 6. The minimum Gasteiger partial charge on any atom is -0.337 e. The van der Waals surface area contributed by atoms with Gasteiger partial charge < -0.3 is 4.98 Å². The quantitative estimate of drug-likeness (QED) is 0.159. The van der Waals surface area contributed by atoms with Crippen LogP contribution in [-0.2, 0) is 5.54 Å². The zero-order valence-corrected chi connectivity index (χ0v) is 23.1. The van der Waals surface area contributed by atoms with Crippen molar-refractivity contribution >= 4 is 17.2 Å². The van der Waals surface area contributed by atoms with Crippen LogP contribution in [0.2, 0.25) is 0 Å². The predicted molar refractivity (Wildman–Crippen MR) is 174 cm³/mol. The van der Waals surface area contributed by atoms with Gasteiger partial charge >= 0.3 is 0 Å². The van der Waals surface area contributed by atoms with E-state index in [9.17, 15) is 0 Å². The number of imidazole rings is 1. The van der Waals surface area contributed by atoms with Crippen molar-refractivity contribution in [2.75, 3.05) is 0 Å². The number of aromatic nitrogens is 2. The molecule has 0 amide bonds. The second-order valence-corrected chi connectivity index (χ2v) is 10.3. The molecular weight excluding hydrogens is 510 g/mol. The Morgan fingerprint density at radius 1 is 0.476 bits per heavy atom. The van der Waals surface area contributed by atoms with E-state index in [2.05, 4.69) is 138 Å². The second kappa shape index (κ2) is 11.1. The molecule has 3 heteroatoms. The normalized spacial score (nSPS) is 11.7. The molecule has 0 aliphatic heterocycles. The van der Waals surface area contributed by atoms with E-state index in [1.165, 1.54) is 0 Å². The van der Waals surface area contributed by atoms with Crippen LogP contribution in [-0.4, -0.2) is 16.2 Å². The SMILES string of the molecule is C(=N\C(c1ccccc1)(c1ccccc1)c1ccccc1)/c1nc2c(-c3ccccc3)ccc(-c3ccccc3)c2[nH]1. The molecule has 0 spiro atoms.